The van der Waals surface area contributed by atoms with Gasteiger partial charge in [-0.05, 0) is 36.4 Å². The Morgan fingerprint density at radius 1 is 0.739 bits per heavy atom. The zero-order chi connectivity index (χ0) is 16.4. The van der Waals surface area contributed by atoms with E-state index in [4.69, 9.17) is 0 Å². The van der Waals surface area contributed by atoms with Crippen molar-refractivity contribution in [1.29, 1.82) is 0 Å². The number of fused-ring (bicyclic) bond motifs is 1. The first kappa shape index (κ1) is 15.0. The molecule has 0 aliphatic heterocycles. The number of benzene rings is 3. The number of phenolic OH excluding ortho intramolecular Hbond substituents is 1. The van der Waals surface area contributed by atoms with Crippen LogP contribution >= 0.6 is 0 Å². The van der Waals surface area contributed by atoms with Gasteiger partial charge in [0, 0.05) is 10.8 Å². The Labute approximate surface area is 129 Å². The number of nitrogens with zero attached hydrogens (tertiary/aromatic N) is 2. The second-order valence-electron chi connectivity index (χ2n) is 4.89. The lowest BCUT2D eigenvalue weighted by molar-refractivity contribution is -0.137. The molecular weight excluding hydrogens is 305 g/mol. The molecule has 23 heavy (non-hydrogen) atoms. The van der Waals surface area contributed by atoms with Gasteiger partial charge < -0.3 is 5.11 Å². The maximum absolute atomic E-state index is 12.5. The zero-order valence-corrected chi connectivity index (χ0v) is 11.7. The van der Waals surface area contributed by atoms with E-state index < -0.39 is 11.7 Å². The zero-order valence-electron chi connectivity index (χ0n) is 11.7. The van der Waals surface area contributed by atoms with Gasteiger partial charge in [-0.25, -0.2) is 0 Å². The fourth-order valence-electron chi connectivity index (χ4n) is 2.18. The summed E-state index contributed by atoms with van der Waals surface area (Å²) >= 11 is 0. The summed E-state index contributed by atoms with van der Waals surface area (Å²) in [6.07, 6.45) is -4.37. The van der Waals surface area contributed by atoms with E-state index >= 15 is 0 Å². The molecule has 0 heterocycles. The van der Waals surface area contributed by atoms with Gasteiger partial charge in [0.1, 0.15) is 5.75 Å². The van der Waals surface area contributed by atoms with Crippen molar-refractivity contribution in [2.24, 2.45) is 10.2 Å². The first-order valence-electron chi connectivity index (χ1n) is 6.75. The molecule has 3 aromatic carbocycles. The highest BCUT2D eigenvalue weighted by Gasteiger charge is 2.29. The van der Waals surface area contributed by atoms with Crippen molar-refractivity contribution in [3.8, 4) is 5.75 Å². The largest absolute Gasteiger partial charge is 0.507 e. The molecule has 0 aliphatic rings. The van der Waals surface area contributed by atoms with Crippen LogP contribution in [-0.2, 0) is 6.18 Å². The van der Waals surface area contributed by atoms with Gasteiger partial charge >= 0.3 is 6.18 Å². The van der Waals surface area contributed by atoms with Crippen molar-refractivity contribution in [3.05, 3.63) is 66.2 Å². The van der Waals surface area contributed by atoms with Crippen LogP contribution in [0.3, 0.4) is 0 Å². The molecule has 0 bridgehead atoms. The van der Waals surface area contributed by atoms with Crippen molar-refractivity contribution < 1.29 is 18.3 Å². The van der Waals surface area contributed by atoms with Gasteiger partial charge in [0.25, 0.3) is 0 Å². The van der Waals surface area contributed by atoms with E-state index in [0.29, 0.717) is 22.1 Å². The average molecular weight is 316 g/mol. The molecule has 0 atom stereocenters. The highest BCUT2D eigenvalue weighted by atomic mass is 19.4. The smallest absolute Gasteiger partial charge is 0.416 e. The summed E-state index contributed by atoms with van der Waals surface area (Å²) in [5.41, 5.74) is 0.111. The second-order valence-corrected chi connectivity index (χ2v) is 4.89. The summed E-state index contributed by atoms with van der Waals surface area (Å²) in [5.74, 6) is 0.133. The minimum atomic E-state index is -4.37. The lowest BCUT2D eigenvalue weighted by Gasteiger charge is -2.05. The third kappa shape index (κ3) is 3.15. The highest BCUT2D eigenvalue weighted by molar-refractivity contribution is 5.96. The van der Waals surface area contributed by atoms with Crippen LogP contribution in [0.15, 0.2) is 70.9 Å². The molecule has 0 aromatic heterocycles. The molecule has 0 aliphatic carbocycles. The second kappa shape index (κ2) is 5.72. The quantitative estimate of drug-likeness (QED) is 0.581. The molecule has 0 fully saturated rings. The predicted octanol–water partition coefficient (Wildman–Crippen LogP) is 5.98. The van der Waals surface area contributed by atoms with Crippen LogP contribution in [0.25, 0.3) is 10.8 Å². The van der Waals surface area contributed by atoms with Gasteiger partial charge in [-0.1, -0.05) is 24.3 Å². The number of alkyl halides is 3. The number of halogens is 3. The maximum atomic E-state index is 12.5. The third-order valence-electron chi connectivity index (χ3n) is 3.35. The maximum Gasteiger partial charge on any atom is 0.416 e. The van der Waals surface area contributed by atoms with Crippen LogP contribution in [0.5, 0.6) is 5.75 Å². The van der Waals surface area contributed by atoms with Crippen LogP contribution in [0.4, 0.5) is 24.5 Å². The van der Waals surface area contributed by atoms with Gasteiger partial charge in [0.2, 0.25) is 0 Å². The monoisotopic (exact) mass is 316 g/mol. The molecule has 3 rings (SSSR count). The Bertz CT molecular complexity index is 871. The highest BCUT2D eigenvalue weighted by Crippen LogP contribution is 2.34. The number of phenols is 1. The molecule has 0 unspecified atom stereocenters. The van der Waals surface area contributed by atoms with Gasteiger partial charge in [0.05, 0.1) is 16.9 Å². The molecule has 0 spiro atoms. The lowest BCUT2D eigenvalue weighted by Crippen LogP contribution is -2.03. The van der Waals surface area contributed by atoms with Crippen LogP contribution in [0.2, 0.25) is 0 Å². The van der Waals surface area contributed by atoms with Crippen LogP contribution in [0.1, 0.15) is 5.56 Å². The number of hydrogen-bond acceptors (Lipinski definition) is 3. The fraction of sp³-hybridized carbons (Fsp3) is 0.0588. The van der Waals surface area contributed by atoms with Gasteiger partial charge in [0.15, 0.2) is 0 Å². The molecule has 3 nitrogen and oxygen atoms in total. The Morgan fingerprint density at radius 2 is 1.39 bits per heavy atom. The summed E-state index contributed by atoms with van der Waals surface area (Å²) in [6, 6.07) is 14.7. The first-order chi connectivity index (χ1) is 10.9. The van der Waals surface area contributed by atoms with Crippen molar-refractivity contribution in [2.45, 2.75) is 6.18 Å². The van der Waals surface area contributed by atoms with Crippen molar-refractivity contribution in [1.82, 2.24) is 0 Å². The Kier molecular flexibility index (Phi) is 3.73. The van der Waals surface area contributed by atoms with Gasteiger partial charge in [-0.3, -0.25) is 0 Å². The molecular formula is C17H11F3N2O. The van der Waals surface area contributed by atoms with Gasteiger partial charge in [-0.2, -0.15) is 18.3 Å². The molecule has 0 saturated heterocycles. The molecule has 3 aromatic rings. The summed E-state index contributed by atoms with van der Waals surface area (Å²) in [4.78, 5) is 0. The van der Waals surface area contributed by atoms with Crippen molar-refractivity contribution in [2.75, 3.05) is 0 Å². The van der Waals surface area contributed by atoms with E-state index in [0.717, 1.165) is 12.1 Å². The molecule has 0 saturated carbocycles. The summed E-state index contributed by atoms with van der Waals surface area (Å²) in [5, 5.41) is 19.2. The Morgan fingerprint density at radius 3 is 2.04 bits per heavy atom. The first-order valence-corrected chi connectivity index (χ1v) is 6.75. The Balaban J connectivity index is 1.93. The lowest BCUT2D eigenvalue weighted by atomic mass is 10.1. The standard InChI is InChI=1S/C17H11F3N2O/c18-17(19,20)11-5-7-12(8-6-11)21-22-15-9-10-16(23)14-4-2-1-3-13(14)15/h1-10,23H. The predicted molar refractivity (Wildman–Crippen MR) is 81.2 cm³/mol. The van der Waals surface area contributed by atoms with Crippen molar-refractivity contribution in [3.63, 3.8) is 0 Å². The van der Waals surface area contributed by atoms with Crippen LogP contribution < -0.4 is 0 Å². The van der Waals surface area contributed by atoms with Crippen LogP contribution in [-0.4, -0.2) is 5.11 Å². The summed E-state index contributed by atoms with van der Waals surface area (Å²) in [7, 11) is 0. The van der Waals surface area contributed by atoms with Crippen LogP contribution in [0, 0.1) is 0 Å². The molecule has 6 heteroatoms. The van der Waals surface area contributed by atoms with E-state index in [9.17, 15) is 18.3 Å². The summed E-state index contributed by atoms with van der Waals surface area (Å²) < 4.78 is 37.5. The number of hydrogen-bond donors (Lipinski definition) is 1. The topological polar surface area (TPSA) is 45.0 Å². The van der Waals surface area contributed by atoms with E-state index in [1.54, 1.807) is 30.3 Å². The number of azo groups is 1. The SMILES string of the molecule is Oc1ccc(N=Nc2ccc(C(F)(F)F)cc2)c2ccccc12. The molecule has 0 radical (unpaired) electrons. The average Bonchev–Trinajstić information content (AvgIpc) is 2.54. The fourth-order valence-corrected chi connectivity index (χ4v) is 2.18. The summed E-state index contributed by atoms with van der Waals surface area (Å²) in [6.45, 7) is 0. The Hall–Kier alpha value is -2.89. The molecule has 0 amide bonds. The normalized spacial score (nSPS) is 12.1. The van der Waals surface area contributed by atoms with Crippen molar-refractivity contribution >= 4 is 22.1 Å². The minimum Gasteiger partial charge on any atom is -0.507 e. The van der Waals surface area contributed by atoms with E-state index in [1.807, 2.05) is 0 Å². The third-order valence-corrected chi connectivity index (χ3v) is 3.35. The van der Waals surface area contributed by atoms with E-state index in [-0.39, 0.29) is 5.75 Å². The molecule has 116 valence electrons. The van der Waals surface area contributed by atoms with E-state index in [2.05, 4.69) is 10.2 Å². The van der Waals surface area contributed by atoms with E-state index in [1.165, 1.54) is 18.2 Å². The number of rotatable bonds is 2. The molecule has 1 N–H and O–H groups in total. The minimum absolute atomic E-state index is 0.133. The van der Waals surface area contributed by atoms with Gasteiger partial charge in [-0.15, -0.1) is 5.11 Å². The number of aromatic hydroxyl groups is 1.